The van der Waals surface area contributed by atoms with Crippen LogP contribution in [0.3, 0.4) is 0 Å². The number of aliphatic carboxylic acids is 3. The molecule has 15 heteroatoms. The minimum absolute atomic E-state index is 0. The predicted octanol–water partition coefficient (Wildman–Crippen LogP) is -1.27. The van der Waals surface area contributed by atoms with E-state index in [1.165, 1.54) is 0 Å². The third-order valence-electron chi connectivity index (χ3n) is 3.69. The highest BCUT2D eigenvalue weighted by atomic mass is 16.6. The molecule has 3 unspecified atom stereocenters. The van der Waals surface area contributed by atoms with Crippen LogP contribution in [0.4, 0.5) is 9.59 Å². The van der Waals surface area contributed by atoms with Crippen molar-refractivity contribution in [3.05, 3.63) is 0 Å². The van der Waals surface area contributed by atoms with Crippen molar-refractivity contribution in [2.75, 3.05) is 40.0 Å². The van der Waals surface area contributed by atoms with Crippen LogP contribution in [-0.2, 0) is 33.4 Å². The molecule has 2 aliphatic heterocycles. The molecule has 0 saturated carbocycles. The summed E-state index contributed by atoms with van der Waals surface area (Å²) in [4.78, 5) is 61.8. The van der Waals surface area contributed by atoms with Gasteiger partial charge in [-0.2, -0.15) is 0 Å². The second-order valence-electron chi connectivity index (χ2n) is 6.03. The zero-order valence-electron chi connectivity index (χ0n) is 16.4. The van der Waals surface area contributed by atoms with E-state index in [0.717, 1.165) is 7.11 Å². The summed E-state index contributed by atoms with van der Waals surface area (Å²) < 4.78 is 13.1. The lowest BCUT2D eigenvalue weighted by Gasteiger charge is -2.18. The number of carbonyl (C=O) groups excluding carboxylic acids is 3. The average molecular weight is 468 g/mol. The molecule has 2 rings (SSSR count). The summed E-state index contributed by atoms with van der Waals surface area (Å²) in [6.45, 7) is -0.232. The van der Waals surface area contributed by atoms with Gasteiger partial charge in [-0.05, 0) is 0 Å². The topological polar surface area (TPSA) is 235 Å². The molecule has 0 aromatic rings. The third kappa shape index (κ3) is 12.8. The van der Waals surface area contributed by atoms with Crippen LogP contribution in [0, 0.1) is 17.8 Å². The number of ether oxygens (including phenoxy) is 3. The van der Waals surface area contributed by atoms with Crippen LogP contribution in [-0.4, -0.2) is 96.5 Å². The summed E-state index contributed by atoms with van der Waals surface area (Å²) in [6, 6.07) is 0. The van der Waals surface area contributed by atoms with E-state index in [1.54, 1.807) is 0 Å². The van der Waals surface area contributed by atoms with Crippen LogP contribution in [0.2, 0.25) is 0 Å². The molecule has 6 N–H and O–H groups in total. The van der Waals surface area contributed by atoms with E-state index in [-0.39, 0.29) is 33.7 Å². The Balaban J connectivity index is 0. The van der Waals surface area contributed by atoms with Crippen LogP contribution >= 0.6 is 0 Å². The van der Waals surface area contributed by atoms with Gasteiger partial charge in [0.15, 0.2) is 0 Å². The number of alkyl carbamates (subject to hydrolysis) is 2. The maximum absolute atomic E-state index is 10.6. The fraction of sp³-hybridized carbons (Fsp3) is 0.647. The molecular weight excluding hydrogens is 440 g/mol. The first-order chi connectivity index (χ1) is 14.5. The Kier molecular flexibility index (Phi) is 15.4. The van der Waals surface area contributed by atoms with Gasteiger partial charge in [0.2, 0.25) is 0 Å². The van der Waals surface area contributed by atoms with Gasteiger partial charge in [-0.15, -0.1) is 0 Å². The van der Waals surface area contributed by atoms with Crippen molar-refractivity contribution in [1.82, 2.24) is 10.6 Å². The molecule has 2 amide bonds. The quantitative estimate of drug-likeness (QED) is 0.197. The lowest BCUT2D eigenvalue weighted by atomic mass is 10.1. The van der Waals surface area contributed by atoms with Crippen LogP contribution in [0.5, 0.6) is 0 Å². The first-order valence-electron chi connectivity index (χ1n) is 8.69. The van der Waals surface area contributed by atoms with Crippen molar-refractivity contribution in [3.63, 3.8) is 0 Å². The van der Waals surface area contributed by atoms with Gasteiger partial charge in [0.25, 0.3) is 0 Å². The van der Waals surface area contributed by atoms with E-state index in [9.17, 15) is 28.8 Å². The van der Waals surface area contributed by atoms with Crippen molar-refractivity contribution < 1.29 is 63.4 Å². The van der Waals surface area contributed by atoms with E-state index in [2.05, 4.69) is 24.8 Å². The molecule has 32 heavy (non-hydrogen) atoms. The summed E-state index contributed by atoms with van der Waals surface area (Å²) in [5.41, 5.74) is 0. The number of cyclic esters (lactones) is 2. The molecule has 0 aromatic heterocycles. The van der Waals surface area contributed by atoms with E-state index in [0.29, 0.717) is 0 Å². The van der Waals surface area contributed by atoms with E-state index in [4.69, 9.17) is 20.4 Å². The van der Waals surface area contributed by atoms with E-state index in [1.807, 2.05) is 0 Å². The Morgan fingerprint density at radius 3 is 1.59 bits per heavy atom. The van der Waals surface area contributed by atoms with Crippen molar-refractivity contribution in [2.24, 2.45) is 17.8 Å². The van der Waals surface area contributed by atoms with Crippen LogP contribution in [0.1, 0.15) is 13.8 Å². The fourth-order valence-corrected chi connectivity index (χ4v) is 1.90. The van der Waals surface area contributed by atoms with Gasteiger partial charge in [-0.25, -0.2) is 9.59 Å². The van der Waals surface area contributed by atoms with Crippen LogP contribution < -0.4 is 10.6 Å². The van der Waals surface area contributed by atoms with Gasteiger partial charge in [0, 0.05) is 13.1 Å². The van der Waals surface area contributed by atoms with Gasteiger partial charge in [0.05, 0.1) is 26.1 Å². The summed E-state index contributed by atoms with van der Waals surface area (Å²) in [6.07, 6.45) is -1.49. The molecule has 184 valence electrons. The van der Waals surface area contributed by atoms with Gasteiger partial charge >= 0.3 is 36.1 Å². The number of carboxylic acid groups (broad SMARTS) is 3. The maximum Gasteiger partial charge on any atom is 0.407 e. The van der Waals surface area contributed by atoms with Crippen molar-refractivity contribution in [2.45, 2.75) is 13.8 Å². The molecule has 2 fully saturated rings. The summed E-state index contributed by atoms with van der Waals surface area (Å²) in [5.74, 6) is -5.86. The minimum atomic E-state index is -1.13. The Labute approximate surface area is 182 Å². The van der Waals surface area contributed by atoms with Gasteiger partial charge in [0.1, 0.15) is 25.0 Å². The van der Waals surface area contributed by atoms with E-state index < -0.39 is 66.8 Å². The first-order valence-corrected chi connectivity index (χ1v) is 8.69. The predicted molar refractivity (Wildman–Crippen MR) is 103 cm³/mol. The number of aliphatic hydroxyl groups excluding tert-OH is 1. The number of amides is 2. The van der Waals surface area contributed by atoms with Gasteiger partial charge in [-0.1, -0.05) is 7.43 Å². The molecule has 3 atom stereocenters. The summed E-state index contributed by atoms with van der Waals surface area (Å²) in [7, 11) is 1.15. The Morgan fingerprint density at radius 2 is 1.38 bits per heavy atom. The highest BCUT2D eigenvalue weighted by molar-refractivity contribution is 5.79. The average Bonchev–Trinajstić information content (AvgIpc) is 2.73. The largest absolute Gasteiger partial charge is 0.481 e. The zero-order valence-corrected chi connectivity index (χ0v) is 16.4. The Bertz CT molecular complexity index is 609. The maximum atomic E-state index is 10.6. The molecular formula is C17H28N2O13. The first kappa shape index (κ1) is 30.6. The number of methoxy groups -OCH3 is 1. The van der Waals surface area contributed by atoms with Crippen LogP contribution in [0.25, 0.3) is 0 Å². The summed E-state index contributed by atoms with van der Waals surface area (Å²) >= 11 is 0. The van der Waals surface area contributed by atoms with Crippen LogP contribution in [0.15, 0.2) is 0 Å². The molecule has 2 saturated heterocycles. The number of hydrogen-bond donors (Lipinski definition) is 6. The molecule has 2 aliphatic rings. The Hall–Kier alpha value is -3.62. The molecule has 0 spiro atoms. The van der Waals surface area contributed by atoms with Gasteiger partial charge in [-0.3, -0.25) is 19.2 Å². The smallest absolute Gasteiger partial charge is 0.407 e. The lowest BCUT2D eigenvalue weighted by molar-refractivity contribution is -0.152. The molecule has 0 aliphatic carbocycles. The number of rotatable bonds is 6. The zero-order chi connectivity index (χ0) is 24.0. The monoisotopic (exact) mass is 468 g/mol. The second-order valence-corrected chi connectivity index (χ2v) is 6.03. The highest BCUT2D eigenvalue weighted by Gasteiger charge is 2.25. The van der Waals surface area contributed by atoms with Crippen molar-refractivity contribution >= 4 is 36.1 Å². The lowest BCUT2D eigenvalue weighted by Crippen LogP contribution is -2.42. The third-order valence-corrected chi connectivity index (χ3v) is 3.69. The van der Waals surface area contributed by atoms with Crippen molar-refractivity contribution in [3.8, 4) is 0 Å². The number of carbonyl (C=O) groups is 6. The van der Waals surface area contributed by atoms with Gasteiger partial charge < -0.3 is 45.3 Å². The number of aliphatic hydroxyl groups is 1. The number of nitrogens with one attached hydrogen (secondary N) is 2. The summed E-state index contributed by atoms with van der Waals surface area (Å²) in [5, 5.41) is 38.1. The fourth-order valence-electron chi connectivity index (χ4n) is 1.90. The SMILES string of the molecule is C.COC(=O)C(CO)CC(=O)O.O=C1NCC(C(=O)O)CO1.O=C1NCC(C(=O)O)CO1. The Morgan fingerprint density at radius 1 is 0.969 bits per heavy atom. The number of hydrogen-bond acceptors (Lipinski definition) is 10. The normalized spacial score (nSPS) is 19.7. The van der Waals surface area contributed by atoms with Crippen molar-refractivity contribution in [1.29, 1.82) is 0 Å². The molecule has 15 nitrogen and oxygen atoms in total. The highest BCUT2D eigenvalue weighted by Crippen LogP contribution is 2.04. The molecule has 0 radical (unpaired) electrons. The molecule has 0 aromatic carbocycles. The minimum Gasteiger partial charge on any atom is -0.481 e. The number of esters is 1. The number of carboxylic acids is 3. The standard InChI is InChI=1S/C6H10O5.2C5H7NO4.CH4/c1-11-6(10)4(3-7)2-5(8)9;2*7-4(8)3-1-6-5(9)10-2-3;/h4,7H,2-3H2,1H3,(H,8,9);2*3H,1-2H2,(H,6,9)(H,7,8);1H4. The molecule has 0 bridgehead atoms. The molecule has 2 heterocycles. The second kappa shape index (κ2) is 16.1. The van der Waals surface area contributed by atoms with E-state index >= 15 is 0 Å².